The van der Waals surface area contributed by atoms with Crippen molar-refractivity contribution in [3.8, 4) is 17.2 Å². The molecule has 0 saturated heterocycles. The van der Waals surface area contributed by atoms with Crippen LogP contribution in [0.3, 0.4) is 0 Å². The van der Waals surface area contributed by atoms with Crippen LogP contribution in [-0.4, -0.2) is 33.8 Å². The third-order valence-corrected chi connectivity index (χ3v) is 4.11. The van der Waals surface area contributed by atoms with Gasteiger partial charge in [0.05, 0.1) is 26.9 Å². The van der Waals surface area contributed by atoms with Gasteiger partial charge in [-0.15, -0.1) is 0 Å². The number of methoxy groups -OCH3 is 3. The van der Waals surface area contributed by atoms with Gasteiger partial charge in [0.15, 0.2) is 11.5 Å². The fourth-order valence-corrected chi connectivity index (χ4v) is 2.62. The number of rotatable bonds is 8. The molecular formula is C21H22F3NO4. The van der Waals surface area contributed by atoms with Gasteiger partial charge in [-0.2, -0.15) is 13.2 Å². The van der Waals surface area contributed by atoms with Gasteiger partial charge < -0.3 is 19.5 Å². The number of carbonyl (C=O) groups is 1. The number of halogens is 3. The lowest BCUT2D eigenvalue weighted by Crippen LogP contribution is -2.23. The van der Waals surface area contributed by atoms with Crippen molar-refractivity contribution in [2.45, 2.75) is 12.6 Å². The van der Waals surface area contributed by atoms with Gasteiger partial charge >= 0.3 is 6.18 Å². The highest BCUT2D eigenvalue weighted by Crippen LogP contribution is 2.38. The minimum atomic E-state index is -4.36. The Morgan fingerprint density at radius 1 is 1.00 bits per heavy atom. The summed E-state index contributed by atoms with van der Waals surface area (Å²) >= 11 is 0. The molecule has 5 nitrogen and oxygen atoms in total. The van der Waals surface area contributed by atoms with Crippen LogP contribution in [0.1, 0.15) is 16.7 Å². The van der Waals surface area contributed by atoms with Crippen LogP contribution in [0.2, 0.25) is 0 Å². The molecule has 2 aromatic rings. The van der Waals surface area contributed by atoms with E-state index in [1.807, 2.05) is 0 Å². The van der Waals surface area contributed by atoms with Gasteiger partial charge in [0.1, 0.15) is 0 Å². The maximum atomic E-state index is 12.6. The van der Waals surface area contributed by atoms with Crippen LogP contribution in [0.15, 0.2) is 42.5 Å². The van der Waals surface area contributed by atoms with Gasteiger partial charge in [-0.3, -0.25) is 4.79 Å². The van der Waals surface area contributed by atoms with Crippen molar-refractivity contribution in [3.63, 3.8) is 0 Å². The largest absolute Gasteiger partial charge is 0.493 e. The number of hydrogen-bond donors (Lipinski definition) is 1. The van der Waals surface area contributed by atoms with E-state index in [1.165, 1.54) is 39.5 Å². The number of nitrogens with one attached hydrogen (secondary N) is 1. The van der Waals surface area contributed by atoms with Gasteiger partial charge in [0.25, 0.3) is 0 Å². The Kier molecular flexibility index (Phi) is 7.52. The summed E-state index contributed by atoms with van der Waals surface area (Å²) in [5, 5.41) is 2.69. The Bertz CT molecular complexity index is 836. The zero-order valence-corrected chi connectivity index (χ0v) is 16.3. The first-order chi connectivity index (χ1) is 13.8. The van der Waals surface area contributed by atoms with E-state index in [4.69, 9.17) is 14.2 Å². The summed E-state index contributed by atoms with van der Waals surface area (Å²) < 4.78 is 53.4. The standard InChI is InChI=1S/C21H22F3NO4/c1-27-17-12-15(13-18(28-2)20(17)29-3)6-9-19(26)25-11-10-14-4-7-16(8-5-14)21(22,23)24/h4-9,12-13H,10-11H2,1-3H3,(H,25,26)/b9-6+. The Labute approximate surface area is 167 Å². The van der Waals surface area contributed by atoms with Crippen molar-refractivity contribution < 1.29 is 32.2 Å². The SMILES string of the molecule is COc1cc(/C=C/C(=O)NCCc2ccc(C(F)(F)F)cc2)cc(OC)c1OC. The number of hydrogen-bond acceptors (Lipinski definition) is 4. The average Bonchev–Trinajstić information content (AvgIpc) is 2.71. The molecule has 0 atom stereocenters. The number of amides is 1. The molecule has 0 radical (unpaired) electrons. The molecule has 0 unspecified atom stereocenters. The van der Waals surface area contributed by atoms with Gasteiger partial charge in [-0.25, -0.2) is 0 Å². The second kappa shape index (κ2) is 9.86. The highest BCUT2D eigenvalue weighted by molar-refractivity contribution is 5.91. The molecule has 0 fully saturated rings. The molecule has 0 aromatic heterocycles. The monoisotopic (exact) mass is 409 g/mol. The van der Waals surface area contributed by atoms with E-state index in [0.717, 1.165) is 12.1 Å². The van der Waals surface area contributed by atoms with Gasteiger partial charge in [-0.1, -0.05) is 12.1 Å². The first kappa shape index (κ1) is 22.1. The number of ether oxygens (including phenoxy) is 3. The Balaban J connectivity index is 1.93. The zero-order valence-electron chi connectivity index (χ0n) is 16.3. The third-order valence-electron chi connectivity index (χ3n) is 4.11. The molecule has 0 bridgehead atoms. The number of alkyl halides is 3. The number of benzene rings is 2. The van der Waals surface area contributed by atoms with Crippen LogP contribution in [0, 0.1) is 0 Å². The number of carbonyl (C=O) groups excluding carboxylic acids is 1. The molecule has 0 heterocycles. The lowest BCUT2D eigenvalue weighted by molar-refractivity contribution is -0.137. The Hall–Kier alpha value is -3.16. The fraction of sp³-hybridized carbons (Fsp3) is 0.286. The quantitative estimate of drug-likeness (QED) is 0.667. The Morgan fingerprint density at radius 3 is 2.07 bits per heavy atom. The zero-order chi connectivity index (χ0) is 21.4. The predicted molar refractivity (Wildman–Crippen MR) is 103 cm³/mol. The van der Waals surface area contributed by atoms with E-state index in [-0.39, 0.29) is 5.91 Å². The van der Waals surface area contributed by atoms with Crippen LogP contribution in [0.4, 0.5) is 13.2 Å². The summed E-state index contributed by atoms with van der Waals surface area (Å²) in [5.41, 5.74) is 0.683. The molecule has 1 amide bonds. The molecule has 0 aliphatic heterocycles. The summed E-state index contributed by atoms with van der Waals surface area (Å²) in [5.74, 6) is 1.06. The summed E-state index contributed by atoms with van der Waals surface area (Å²) in [6.07, 6.45) is -0.988. The van der Waals surface area contributed by atoms with E-state index in [0.29, 0.717) is 41.3 Å². The summed E-state index contributed by atoms with van der Waals surface area (Å²) in [6.45, 7) is 0.295. The van der Waals surface area contributed by atoms with Crippen molar-refractivity contribution in [2.75, 3.05) is 27.9 Å². The molecule has 0 saturated carbocycles. The van der Waals surface area contributed by atoms with Crippen LogP contribution >= 0.6 is 0 Å². The van der Waals surface area contributed by atoms with Crippen molar-refractivity contribution in [3.05, 3.63) is 59.2 Å². The van der Waals surface area contributed by atoms with Crippen LogP contribution in [0.25, 0.3) is 6.08 Å². The highest BCUT2D eigenvalue weighted by atomic mass is 19.4. The lowest BCUT2D eigenvalue weighted by atomic mass is 10.1. The molecule has 2 aromatic carbocycles. The maximum Gasteiger partial charge on any atom is 0.416 e. The molecule has 8 heteroatoms. The predicted octanol–water partition coefficient (Wildman–Crippen LogP) is 4.10. The molecular weight excluding hydrogens is 387 g/mol. The smallest absolute Gasteiger partial charge is 0.416 e. The first-order valence-electron chi connectivity index (χ1n) is 8.70. The first-order valence-corrected chi connectivity index (χ1v) is 8.70. The van der Waals surface area contributed by atoms with E-state index in [2.05, 4.69) is 5.32 Å². The van der Waals surface area contributed by atoms with Crippen LogP contribution < -0.4 is 19.5 Å². The topological polar surface area (TPSA) is 56.8 Å². The van der Waals surface area contributed by atoms with E-state index < -0.39 is 11.7 Å². The summed E-state index contributed by atoms with van der Waals surface area (Å²) in [7, 11) is 4.50. The van der Waals surface area contributed by atoms with Gasteiger partial charge in [0.2, 0.25) is 11.7 Å². The normalized spacial score (nSPS) is 11.4. The molecule has 1 N–H and O–H groups in total. The minimum absolute atomic E-state index is 0.295. The molecule has 29 heavy (non-hydrogen) atoms. The second-order valence-electron chi connectivity index (χ2n) is 6.03. The van der Waals surface area contributed by atoms with Crippen molar-refractivity contribution in [1.29, 1.82) is 0 Å². The summed E-state index contributed by atoms with van der Waals surface area (Å²) in [4.78, 5) is 12.0. The van der Waals surface area contributed by atoms with E-state index in [9.17, 15) is 18.0 Å². The van der Waals surface area contributed by atoms with E-state index >= 15 is 0 Å². The van der Waals surface area contributed by atoms with Crippen molar-refractivity contribution in [1.82, 2.24) is 5.32 Å². The molecule has 0 aliphatic carbocycles. The fourth-order valence-electron chi connectivity index (χ4n) is 2.62. The third kappa shape index (κ3) is 6.17. The minimum Gasteiger partial charge on any atom is -0.493 e. The molecule has 0 spiro atoms. The van der Waals surface area contributed by atoms with Crippen molar-refractivity contribution >= 4 is 12.0 Å². The average molecular weight is 409 g/mol. The summed E-state index contributed by atoms with van der Waals surface area (Å²) in [6, 6.07) is 8.27. The lowest BCUT2D eigenvalue weighted by Gasteiger charge is -2.12. The van der Waals surface area contributed by atoms with Gasteiger partial charge in [0, 0.05) is 12.6 Å². The Morgan fingerprint density at radius 2 is 1.59 bits per heavy atom. The maximum absolute atomic E-state index is 12.6. The molecule has 2 rings (SSSR count). The highest BCUT2D eigenvalue weighted by Gasteiger charge is 2.29. The van der Waals surface area contributed by atoms with E-state index in [1.54, 1.807) is 18.2 Å². The van der Waals surface area contributed by atoms with Crippen molar-refractivity contribution in [2.24, 2.45) is 0 Å². The van der Waals surface area contributed by atoms with Gasteiger partial charge in [-0.05, 0) is 47.9 Å². The molecule has 156 valence electrons. The molecule has 0 aliphatic rings. The second-order valence-corrected chi connectivity index (χ2v) is 6.03. The van der Waals surface area contributed by atoms with Crippen LogP contribution in [-0.2, 0) is 17.4 Å². The van der Waals surface area contributed by atoms with Crippen LogP contribution in [0.5, 0.6) is 17.2 Å².